The van der Waals surface area contributed by atoms with E-state index in [1.807, 2.05) is 0 Å². The maximum absolute atomic E-state index is 12.6. The zero-order chi connectivity index (χ0) is 12.6. The van der Waals surface area contributed by atoms with Crippen molar-refractivity contribution in [2.45, 2.75) is 6.18 Å². The zero-order valence-corrected chi connectivity index (χ0v) is 10.2. The predicted octanol–water partition coefficient (Wildman–Crippen LogP) is 3.26. The molecule has 0 aliphatic carbocycles. The highest BCUT2D eigenvalue weighted by Crippen LogP contribution is 2.33. The summed E-state index contributed by atoms with van der Waals surface area (Å²) in [5, 5.41) is 3.96. The van der Waals surface area contributed by atoms with E-state index in [4.69, 9.17) is 0 Å². The van der Waals surface area contributed by atoms with E-state index in [0.29, 0.717) is 10.0 Å². The highest BCUT2D eigenvalue weighted by Gasteiger charge is 2.31. The number of aromatic nitrogens is 3. The first-order valence-electron chi connectivity index (χ1n) is 4.60. The molecule has 2 rings (SSSR count). The molecule has 0 fully saturated rings. The summed E-state index contributed by atoms with van der Waals surface area (Å²) in [5.74, 6) is 0.263. The summed E-state index contributed by atoms with van der Waals surface area (Å²) in [6.45, 7) is 0. The van der Waals surface area contributed by atoms with Gasteiger partial charge in [-0.05, 0) is 18.2 Å². The normalized spacial score (nSPS) is 11.8. The fraction of sp³-hybridized carbons (Fsp3) is 0.200. The molecule has 0 atom stereocenters. The van der Waals surface area contributed by atoms with E-state index in [1.165, 1.54) is 11.0 Å². The number of rotatable bonds is 1. The highest BCUT2D eigenvalue weighted by atomic mass is 79.9. The minimum atomic E-state index is -4.38. The van der Waals surface area contributed by atoms with E-state index >= 15 is 0 Å². The summed E-state index contributed by atoms with van der Waals surface area (Å²) in [5.41, 5.74) is -0.401. The molecule has 7 heteroatoms. The summed E-state index contributed by atoms with van der Waals surface area (Å²) in [6.07, 6.45) is -2.95. The van der Waals surface area contributed by atoms with Gasteiger partial charge < -0.3 is 0 Å². The van der Waals surface area contributed by atoms with Gasteiger partial charge in [0.25, 0.3) is 0 Å². The maximum Gasteiger partial charge on any atom is 0.416 e. The Kier molecular flexibility index (Phi) is 2.94. The van der Waals surface area contributed by atoms with Crippen molar-refractivity contribution in [1.82, 2.24) is 14.8 Å². The molecule has 0 aliphatic heterocycles. The summed E-state index contributed by atoms with van der Waals surface area (Å²) in [7, 11) is 1.65. The average Bonchev–Trinajstić information content (AvgIpc) is 2.62. The fourth-order valence-electron chi connectivity index (χ4n) is 1.35. The monoisotopic (exact) mass is 305 g/mol. The van der Waals surface area contributed by atoms with E-state index in [-0.39, 0.29) is 5.82 Å². The Morgan fingerprint density at radius 2 is 1.94 bits per heavy atom. The molecule has 3 nitrogen and oxygen atoms in total. The van der Waals surface area contributed by atoms with Crippen molar-refractivity contribution in [3.63, 3.8) is 0 Å². The van der Waals surface area contributed by atoms with Crippen LogP contribution < -0.4 is 0 Å². The Balaban J connectivity index is 2.52. The smallest absolute Gasteiger partial charge is 0.255 e. The molecule has 0 spiro atoms. The molecule has 1 heterocycles. The van der Waals surface area contributed by atoms with Crippen molar-refractivity contribution in [1.29, 1.82) is 0 Å². The van der Waals surface area contributed by atoms with E-state index in [9.17, 15) is 13.2 Å². The van der Waals surface area contributed by atoms with Gasteiger partial charge in [0, 0.05) is 17.1 Å². The third-order valence-electron chi connectivity index (χ3n) is 2.08. The Bertz CT molecular complexity index is 548. The molecule has 0 radical (unpaired) electrons. The lowest BCUT2D eigenvalue weighted by Crippen LogP contribution is -2.05. The van der Waals surface area contributed by atoms with Gasteiger partial charge in [-0.25, -0.2) is 4.98 Å². The maximum atomic E-state index is 12.6. The number of benzene rings is 1. The number of alkyl halides is 3. The van der Waals surface area contributed by atoms with Crippen LogP contribution in [-0.4, -0.2) is 14.8 Å². The molecule has 0 amide bonds. The van der Waals surface area contributed by atoms with Gasteiger partial charge in [-0.2, -0.15) is 18.3 Å². The Hall–Kier alpha value is -1.37. The molecule has 0 N–H and O–H groups in total. The number of hydrogen-bond acceptors (Lipinski definition) is 2. The molecule has 90 valence electrons. The largest absolute Gasteiger partial charge is 0.416 e. The van der Waals surface area contributed by atoms with Crippen LogP contribution in [0.3, 0.4) is 0 Å². The predicted molar refractivity (Wildman–Crippen MR) is 59.1 cm³/mol. The number of hydrogen-bond donors (Lipinski definition) is 0. The topological polar surface area (TPSA) is 30.7 Å². The second-order valence-electron chi connectivity index (χ2n) is 3.47. The number of aryl methyl sites for hydroxylation is 1. The van der Waals surface area contributed by atoms with Crippen LogP contribution >= 0.6 is 15.9 Å². The van der Waals surface area contributed by atoms with Gasteiger partial charge in [0.1, 0.15) is 6.33 Å². The Morgan fingerprint density at radius 3 is 2.47 bits per heavy atom. The zero-order valence-electron chi connectivity index (χ0n) is 8.66. The minimum absolute atomic E-state index is 0.263. The van der Waals surface area contributed by atoms with Crippen LogP contribution in [0.5, 0.6) is 0 Å². The lowest BCUT2D eigenvalue weighted by molar-refractivity contribution is -0.137. The van der Waals surface area contributed by atoms with Crippen molar-refractivity contribution in [2.24, 2.45) is 7.05 Å². The van der Waals surface area contributed by atoms with Crippen LogP contribution in [0.4, 0.5) is 13.2 Å². The van der Waals surface area contributed by atoms with E-state index in [1.54, 1.807) is 13.1 Å². The van der Waals surface area contributed by atoms with Crippen molar-refractivity contribution in [3.05, 3.63) is 34.6 Å². The number of nitrogens with zero attached hydrogens (tertiary/aromatic N) is 3. The summed E-state index contributed by atoms with van der Waals surface area (Å²) in [6, 6.07) is 3.59. The van der Waals surface area contributed by atoms with Crippen molar-refractivity contribution in [2.75, 3.05) is 0 Å². The lowest BCUT2D eigenvalue weighted by Gasteiger charge is -2.08. The third kappa shape index (κ3) is 2.66. The van der Waals surface area contributed by atoms with E-state index in [0.717, 1.165) is 12.1 Å². The molecule has 0 aliphatic rings. The van der Waals surface area contributed by atoms with Gasteiger partial charge in [0.2, 0.25) is 0 Å². The lowest BCUT2D eigenvalue weighted by atomic mass is 10.1. The van der Waals surface area contributed by atoms with Crippen LogP contribution in [-0.2, 0) is 13.2 Å². The van der Waals surface area contributed by atoms with Crippen molar-refractivity contribution in [3.8, 4) is 11.4 Å². The van der Waals surface area contributed by atoms with Crippen LogP contribution in [0.25, 0.3) is 11.4 Å². The molecular formula is C10H7BrF3N3. The van der Waals surface area contributed by atoms with Crippen molar-refractivity contribution < 1.29 is 13.2 Å². The van der Waals surface area contributed by atoms with E-state index < -0.39 is 11.7 Å². The Labute approximate surface area is 103 Å². The van der Waals surface area contributed by atoms with Gasteiger partial charge >= 0.3 is 6.18 Å². The first-order valence-corrected chi connectivity index (χ1v) is 5.39. The molecule has 0 unspecified atom stereocenters. The van der Waals surface area contributed by atoms with Gasteiger partial charge in [-0.15, -0.1) is 0 Å². The molecule has 2 aromatic rings. The molecule has 0 saturated heterocycles. The number of halogens is 4. The van der Waals surface area contributed by atoms with Gasteiger partial charge in [-0.1, -0.05) is 15.9 Å². The standard InChI is InChI=1S/C10H7BrF3N3/c1-17-5-15-9(16-17)6-2-7(10(12,13)14)4-8(11)3-6/h2-5H,1H3. The van der Waals surface area contributed by atoms with Gasteiger partial charge in [0.15, 0.2) is 5.82 Å². The summed E-state index contributed by atoms with van der Waals surface area (Å²) >= 11 is 3.05. The van der Waals surface area contributed by atoms with Crippen LogP contribution in [0, 0.1) is 0 Å². The van der Waals surface area contributed by atoms with Gasteiger partial charge in [-0.3, -0.25) is 4.68 Å². The van der Waals surface area contributed by atoms with Crippen molar-refractivity contribution >= 4 is 15.9 Å². The quantitative estimate of drug-likeness (QED) is 0.809. The minimum Gasteiger partial charge on any atom is -0.255 e. The third-order valence-corrected chi connectivity index (χ3v) is 2.54. The van der Waals surface area contributed by atoms with Crippen LogP contribution in [0.15, 0.2) is 29.0 Å². The van der Waals surface area contributed by atoms with Crippen LogP contribution in [0.1, 0.15) is 5.56 Å². The second kappa shape index (κ2) is 4.14. The van der Waals surface area contributed by atoms with Crippen LogP contribution in [0.2, 0.25) is 0 Å². The first kappa shape index (κ1) is 12.1. The first-order chi connectivity index (χ1) is 7.86. The molecular weight excluding hydrogens is 299 g/mol. The molecule has 17 heavy (non-hydrogen) atoms. The molecule has 1 aromatic heterocycles. The molecule has 0 saturated carbocycles. The second-order valence-corrected chi connectivity index (χ2v) is 4.38. The van der Waals surface area contributed by atoms with E-state index in [2.05, 4.69) is 26.0 Å². The SMILES string of the molecule is Cn1cnc(-c2cc(Br)cc(C(F)(F)F)c2)n1. The summed E-state index contributed by atoms with van der Waals surface area (Å²) < 4.78 is 39.6. The highest BCUT2D eigenvalue weighted by molar-refractivity contribution is 9.10. The Morgan fingerprint density at radius 1 is 1.24 bits per heavy atom. The molecule has 1 aromatic carbocycles. The average molecular weight is 306 g/mol. The van der Waals surface area contributed by atoms with Gasteiger partial charge in [0.05, 0.1) is 5.56 Å². The summed E-state index contributed by atoms with van der Waals surface area (Å²) in [4.78, 5) is 3.91. The molecule has 0 bridgehead atoms. The fourth-order valence-corrected chi connectivity index (χ4v) is 1.85.